The zero-order chi connectivity index (χ0) is 12.9. The third-order valence-electron chi connectivity index (χ3n) is 3.51. The van der Waals surface area contributed by atoms with Crippen LogP contribution < -0.4 is 0 Å². The lowest BCUT2D eigenvalue weighted by atomic mass is 9.79. The molecule has 0 aromatic heterocycles. The van der Waals surface area contributed by atoms with E-state index in [0.717, 1.165) is 12.0 Å². The van der Waals surface area contributed by atoms with Gasteiger partial charge in [0.25, 0.3) is 0 Å². The fourth-order valence-corrected chi connectivity index (χ4v) is 2.07. The Labute approximate surface area is 105 Å². The Morgan fingerprint density at radius 1 is 1.12 bits per heavy atom. The molecule has 1 aromatic carbocycles. The summed E-state index contributed by atoms with van der Waals surface area (Å²) in [7, 11) is 0. The minimum atomic E-state index is -0.349. The van der Waals surface area contributed by atoms with Crippen LogP contribution in [0.5, 0.6) is 0 Å². The molecule has 94 valence electrons. The number of carbonyl (C=O) groups is 1. The van der Waals surface area contributed by atoms with Gasteiger partial charge >= 0.3 is 0 Å². The molecule has 0 spiro atoms. The van der Waals surface area contributed by atoms with Crippen molar-refractivity contribution in [2.45, 2.75) is 58.8 Å². The maximum absolute atomic E-state index is 11.9. The maximum atomic E-state index is 11.9. The molecule has 17 heavy (non-hydrogen) atoms. The highest BCUT2D eigenvalue weighted by molar-refractivity contribution is 5.89. The predicted octanol–water partition coefficient (Wildman–Crippen LogP) is 4.29. The van der Waals surface area contributed by atoms with E-state index in [1.165, 1.54) is 18.4 Å². The van der Waals surface area contributed by atoms with Crippen LogP contribution in [-0.4, -0.2) is 5.78 Å². The number of benzene rings is 1. The average Bonchev–Trinajstić information content (AvgIpc) is 2.35. The van der Waals surface area contributed by atoms with Gasteiger partial charge in [-0.3, -0.25) is 4.79 Å². The quantitative estimate of drug-likeness (QED) is 0.715. The second kappa shape index (κ2) is 6.00. The van der Waals surface area contributed by atoms with Crippen molar-refractivity contribution in [3.63, 3.8) is 0 Å². The van der Waals surface area contributed by atoms with Gasteiger partial charge in [0.05, 0.1) is 0 Å². The lowest BCUT2D eigenvalue weighted by molar-refractivity contribution is -0.123. The summed E-state index contributed by atoms with van der Waals surface area (Å²) in [6.07, 6.45) is 4.20. The fraction of sp³-hybridized carbons (Fsp3) is 0.562. The SMILES string of the molecule is CCCCc1ccc(C(C)(C)C(=O)CC)cc1. The lowest BCUT2D eigenvalue weighted by Gasteiger charge is -2.23. The van der Waals surface area contributed by atoms with Crippen molar-refractivity contribution >= 4 is 5.78 Å². The standard InChI is InChI=1S/C16H24O/c1-5-7-8-13-9-11-14(12-10-13)16(3,4)15(17)6-2/h9-12H,5-8H2,1-4H3. The number of hydrogen-bond donors (Lipinski definition) is 0. The second-order valence-corrected chi connectivity index (χ2v) is 5.20. The van der Waals surface area contributed by atoms with Gasteiger partial charge in [-0.1, -0.05) is 44.5 Å². The van der Waals surface area contributed by atoms with E-state index in [2.05, 4.69) is 31.2 Å². The number of hydrogen-bond acceptors (Lipinski definition) is 1. The molecule has 0 N–H and O–H groups in total. The highest BCUT2D eigenvalue weighted by atomic mass is 16.1. The van der Waals surface area contributed by atoms with E-state index >= 15 is 0 Å². The first kappa shape index (κ1) is 14.0. The summed E-state index contributed by atoms with van der Waals surface area (Å²) < 4.78 is 0. The number of ketones is 1. The van der Waals surface area contributed by atoms with Crippen LogP contribution >= 0.6 is 0 Å². The van der Waals surface area contributed by atoms with E-state index in [1.807, 2.05) is 20.8 Å². The molecule has 0 radical (unpaired) electrons. The van der Waals surface area contributed by atoms with Gasteiger partial charge in [-0.2, -0.15) is 0 Å². The highest BCUT2D eigenvalue weighted by Crippen LogP contribution is 2.26. The van der Waals surface area contributed by atoms with Crippen LogP contribution in [0.2, 0.25) is 0 Å². The molecule has 0 heterocycles. The number of unbranched alkanes of at least 4 members (excludes halogenated alkanes) is 1. The lowest BCUT2D eigenvalue weighted by Crippen LogP contribution is -2.28. The molecule has 0 bridgehead atoms. The topological polar surface area (TPSA) is 17.1 Å². The van der Waals surface area contributed by atoms with Crippen molar-refractivity contribution in [1.82, 2.24) is 0 Å². The Kier molecular flexibility index (Phi) is 4.92. The Morgan fingerprint density at radius 3 is 2.18 bits per heavy atom. The Balaban J connectivity index is 2.83. The maximum Gasteiger partial charge on any atom is 0.142 e. The van der Waals surface area contributed by atoms with Gasteiger partial charge in [0.2, 0.25) is 0 Å². The van der Waals surface area contributed by atoms with Gasteiger partial charge in [-0.15, -0.1) is 0 Å². The number of rotatable bonds is 6. The van der Waals surface area contributed by atoms with Crippen LogP contribution in [0.4, 0.5) is 0 Å². The molecule has 0 amide bonds. The number of aryl methyl sites for hydroxylation is 1. The fourth-order valence-electron chi connectivity index (χ4n) is 2.07. The first-order chi connectivity index (χ1) is 8.02. The Bertz CT molecular complexity index is 360. The van der Waals surface area contributed by atoms with E-state index in [-0.39, 0.29) is 5.41 Å². The number of carbonyl (C=O) groups excluding carboxylic acids is 1. The van der Waals surface area contributed by atoms with Crippen molar-refractivity contribution in [2.75, 3.05) is 0 Å². The van der Waals surface area contributed by atoms with Crippen LogP contribution in [0.25, 0.3) is 0 Å². The van der Waals surface area contributed by atoms with E-state index < -0.39 is 0 Å². The average molecular weight is 232 g/mol. The van der Waals surface area contributed by atoms with Crippen LogP contribution in [0, 0.1) is 0 Å². The van der Waals surface area contributed by atoms with Crippen LogP contribution in [-0.2, 0) is 16.6 Å². The molecular formula is C16H24O. The molecule has 0 aliphatic rings. The van der Waals surface area contributed by atoms with Gasteiger partial charge in [-0.25, -0.2) is 0 Å². The molecule has 0 saturated heterocycles. The molecule has 1 nitrogen and oxygen atoms in total. The van der Waals surface area contributed by atoms with Crippen LogP contribution in [0.1, 0.15) is 58.1 Å². The molecule has 1 heteroatoms. The Hall–Kier alpha value is -1.11. The van der Waals surface area contributed by atoms with Gasteiger partial charge in [0.15, 0.2) is 0 Å². The highest BCUT2D eigenvalue weighted by Gasteiger charge is 2.27. The largest absolute Gasteiger partial charge is 0.299 e. The van der Waals surface area contributed by atoms with Gasteiger partial charge in [0, 0.05) is 11.8 Å². The van der Waals surface area contributed by atoms with Crippen molar-refractivity contribution in [3.05, 3.63) is 35.4 Å². The first-order valence-electron chi connectivity index (χ1n) is 6.65. The van der Waals surface area contributed by atoms with Crippen LogP contribution in [0.3, 0.4) is 0 Å². The third-order valence-corrected chi connectivity index (χ3v) is 3.51. The zero-order valence-corrected chi connectivity index (χ0v) is 11.5. The molecular weight excluding hydrogens is 208 g/mol. The summed E-state index contributed by atoms with van der Waals surface area (Å²) in [5, 5.41) is 0. The summed E-state index contributed by atoms with van der Waals surface area (Å²) >= 11 is 0. The summed E-state index contributed by atoms with van der Waals surface area (Å²) in [6.45, 7) is 8.16. The van der Waals surface area contributed by atoms with E-state index in [9.17, 15) is 4.79 Å². The summed E-state index contributed by atoms with van der Waals surface area (Å²) in [5.41, 5.74) is 2.15. The second-order valence-electron chi connectivity index (χ2n) is 5.20. The normalized spacial score (nSPS) is 11.5. The van der Waals surface area contributed by atoms with E-state index in [0.29, 0.717) is 12.2 Å². The van der Waals surface area contributed by atoms with Gasteiger partial charge in [-0.05, 0) is 37.8 Å². The Morgan fingerprint density at radius 2 is 1.71 bits per heavy atom. The van der Waals surface area contributed by atoms with E-state index in [4.69, 9.17) is 0 Å². The first-order valence-corrected chi connectivity index (χ1v) is 6.65. The predicted molar refractivity (Wildman–Crippen MR) is 73.4 cm³/mol. The number of Topliss-reactive ketones (excluding diaryl/α,β-unsaturated/α-hetero) is 1. The molecule has 1 aromatic rings. The minimum Gasteiger partial charge on any atom is -0.299 e. The smallest absolute Gasteiger partial charge is 0.142 e. The minimum absolute atomic E-state index is 0.304. The molecule has 0 aliphatic heterocycles. The van der Waals surface area contributed by atoms with E-state index in [1.54, 1.807) is 0 Å². The molecule has 0 fully saturated rings. The zero-order valence-electron chi connectivity index (χ0n) is 11.5. The van der Waals surface area contributed by atoms with Crippen LogP contribution in [0.15, 0.2) is 24.3 Å². The summed E-state index contributed by atoms with van der Waals surface area (Å²) in [4.78, 5) is 11.9. The monoisotopic (exact) mass is 232 g/mol. The molecule has 0 unspecified atom stereocenters. The summed E-state index contributed by atoms with van der Waals surface area (Å²) in [6, 6.07) is 8.54. The van der Waals surface area contributed by atoms with Crippen molar-refractivity contribution < 1.29 is 4.79 Å². The van der Waals surface area contributed by atoms with Crippen molar-refractivity contribution in [1.29, 1.82) is 0 Å². The third kappa shape index (κ3) is 3.42. The van der Waals surface area contributed by atoms with Gasteiger partial charge in [0.1, 0.15) is 5.78 Å². The molecule has 0 aliphatic carbocycles. The van der Waals surface area contributed by atoms with Gasteiger partial charge < -0.3 is 0 Å². The molecule has 1 rings (SSSR count). The molecule has 0 atom stereocenters. The summed E-state index contributed by atoms with van der Waals surface area (Å²) in [5.74, 6) is 0.304. The van der Waals surface area contributed by atoms with Crippen molar-refractivity contribution in [2.24, 2.45) is 0 Å². The van der Waals surface area contributed by atoms with Crippen molar-refractivity contribution in [3.8, 4) is 0 Å². The molecule has 0 saturated carbocycles.